The fourth-order valence-corrected chi connectivity index (χ4v) is 3.33. The molecule has 6 heteroatoms. The third-order valence-electron chi connectivity index (χ3n) is 3.44. The van der Waals surface area contributed by atoms with Gasteiger partial charge in [0.25, 0.3) is 0 Å². The molecule has 0 spiro atoms. The van der Waals surface area contributed by atoms with Crippen LogP contribution < -0.4 is 10.5 Å². The lowest BCUT2D eigenvalue weighted by Crippen LogP contribution is -2.35. The normalized spacial score (nSPS) is 12.6. The molecular formula is C15H26N2O3S. The minimum Gasteiger partial charge on any atom is -0.385 e. The smallest absolute Gasteiger partial charge is 0.215 e. The van der Waals surface area contributed by atoms with E-state index < -0.39 is 10.0 Å². The van der Waals surface area contributed by atoms with E-state index in [1.807, 2.05) is 32.0 Å². The van der Waals surface area contributed by atoms with Crippen LogP contribution in [0.2, 0.25) is 0 Å². The van der Waals surface area contributed by atoms with Crippen molar-refractivity contribution in [3.63, 3.8) is 0 Å². The number of sulfonamides is 1. The summed E-state index contributed by atoms with van der Waals surface area (Å²) in [6, 6.07) is 7.34. The first-order valence-electron chi connectivity index (χ1n) is 7.03. The molecule has 0 aromatic heterocycles. The predicted octanol–water partition coefficient (Wildman–Crippen LogP) is 1.63. The number of methoxy groups -OCH3 is 1. The van der Waals surface area contributed by atoms with Crippen molar-refractivity contribution in [1.29, 1.82) is 0 Å². The van der Waals surface area contributed by atoms with Gasteiger partial charge in [-0.25, -0.2) is 13.1 Å². The van der Waals surface area contributed by atoms with E-state index in [4.69, 9.17) is 10.5 Å². The molecule has 21 heavy (non-hydrogen) atoms. The Morgan fingerprint density at radius 2 is 1.86 bits per heavy atom. The second kappa shape index (κ2) is 7.89. The summed E-state index contributed by atoms with van der Waals surface area (Å²) in [7, 11) is -1.73. The molecule has 0 fully saturated rings. The molecule has 0 aliphatic heterocycles. The average Bonchev–Trinajstić information content (AvgIpc) is 2.44. The highest BCUT2D eigenvalue weighted by Gasteiger charge is 2.21. The lowest BCUT2D eigenvalue weighted by molar-refractivity contribution is 0.153. The van der Waals surface area contributed by atoms with E-state index in [1.54, 1.807) is 13.2 Å². The van der Waals surface area contributed by atoms with Crippen LogP contribution in [0, 0.1) is 5.41 Å². The minimum absolute atomic E-state index is 0.0409. The van der Waals surface area contributed by atoms with Crippen LogP contribution in [-0.4, -0.2) is 28.7 Å². The predicted molar refractivity (Wildman–Crippen MR) is 85.2 cm³/mol. The topological polar surface area (TPSA) is 81.4 Å². The molecule has 120 valence electrons. The first-order chi connectivity index (χ1) is 9.79. The van der Waals surface area contributed by atoms with E-state index in [0.29, 0.717) is 19.7 Å². The molecule has 3 N–H and O–H groups in total. The summed E-state index contributed by atoms with van der Waals surface area (Å²) >= 11 is 0. The van der Waals surface area contributed by atoms with Gasteiger partial charge in [0.2, 0.25) is 10.0 Å². The monoisotopic (exact) mass is 314 g/mol. The molecule has 1 aromatic carbocycles. The van der Waals surface area contributed by atoms with Crippen LogP contribution in [0.1, 0.15) is 31.4 Å². The maximum atomic E-state index is 12.2. The average molecular weight is 314 g/mol. The van der Waals surface area contributed by atoms with Crippen LogP contribution in [0.3, 0.4) is 0 Å². The lowest BCUT2D eigenvalue weighted by atomic mass is 9.90. The third kappa shape index (κ3) is 6.56. The summed E-state index contributed by atoms with van der Waals surface area (Å²) in [6.07, 6.45) is 0.797. The van der Waals surface area contributed by atoms with Crippen molar-refractivity contribution in [3.8, 4) is 0 Å². The molecule has 1 aromatic rings. The van der Waals surface area contributed by atoms with E-state index >= 15 is 0 Å². The number of benzene rings is 1. The zero-order valence-corrected chi connectivity index (χ0v) is 13.9. The number of hydrogen-bond donors (Lipinski definition) is 2. The molecule has 5 nitrogen and oxygen atoms in total. The number of ether oxygens (including phenoxy) is 1. The van der Waals surface area contributed by atoms with E-state index in [0.717, 1.165) is 17.5 Å². The number of nitrogens with one attached hydrogen (secondary N) is 1. The van der Waals surface area contributed by atoms with Crippen LogP contribution in [0.25, 0.3) is 0 Å². The quantitative estimate of drug-likeness (QED) is 0.726. The molecule has 0 aliphatic rings. The van der Waals surface area contributed by atoms with Gasteiger partial charge < -0.3 is 10.5 Å². The number of rotatable bonds is 9. The summed E-state index contributed by atoms with van der Waals surface area (Å²) in [4.78, 5) is 0. The van der Waals surface area contributed by atoms with Gasteiger partial charge in [0, 0.05) is 26.8 Å². The highest BCUT2D eigenvalue weighted by molar-refractivity contribution is 7.88. The Hall–Kier alpha value is -0.950. The summed E-state index contributed by atoms with van der Waals surface area (Å²) < 4.78 is 32.1. The Morgan fingerprint density at radius 3 is 2.43 bits per heavy atom. The summed E-state index contributed by atoms with van der Waals surface area (Å²) in [5.74, 6) is -0.0409. The van der Waals surface area contributed by atoms with Crippen molar-refractivity contribution in [2.24, 2.45) is 11.1 Å². The van der Waals surface area contributed by atoms with Crippen molar-refractivity contribution >= 4 is 10.0 Å². The van der Waals surface area contributed by atoms with E-state index in [1.165, 1.54) is 0 Å². The summed E-state index contributed by atoms with van der Waals surface area (Å²) in [6.45, 7) is 5.38. The van der Waals surface area contributed by atoms with Gasteiger partial charge in [0.1, 0.15) is 0 Å². The Kier molecular flexibility index (Phi) is 6.80. The molecule has 0 heterocycles. The van der Waals surface area contributed by atoms with Crippen LogP contribution in [0.5, 0.6) is 0 Å². The van der Waals surface area contributed by atoms with Gasteiger partial charge in [-0.2, -0.15) is 0 Å². The van der Waals surface area contributed by atoms with Crippen LogP contribution in [-0.2, 0) is 27.1 Å². The summed E-state index contributed by atoms with van der Waals surface area (Å²) in [5.41, 5.74) is 7.11. The third-order valence-corrected chi connectivity index (χ3v) is 4.71. The highest BCUT2D eigenvalue weighted by atomic mass is 32.2. The highest BCUT2D eigenvalue weighted by Crippen LogP contribution is 2.20. The zero-order valence-electron chi connectivity index (χ0n) is 13.1. The molecule has 0 atom stereocenters. The van der Waals surface area contributed by atoms with Crippen molar-refractivity contribution in [1.82, 2.24) is 4.72 Å². The van der Waals surface area contributed by atoms with Gasteiger partial charge in [0.15, 0.2) is 0 Å². The Balaban J connectivity index is 2.66. The molecule has 0 saturated carbocycles. The molecular weight excluding hydrogens is 288 g/mol. The molecule has 1 rings (SSSR count). The van der Waals surface area contributed by atoms with Crippen molar-refractivity contribution < 1.29 is 13.2 Å². The Labute approximate surface area is 127 Å². The largest absolute Gasteiger partial charge is 0.385 e. The van der Waals surface area contributed by atoms with Crippen molar-refractivity contribution in [3.05, 3.63) is 35.4 Å². The van der Waals surface area contributed by atoms with Gasteiger partial charge in [0.05, 0.1) is 5.75 Å². The Morgan fingerprint density at radius 1 is 1.24 bits per heavy atom. The van der Waals surface area contributed by atoms with Crippen molar-refractivity contribution in [2.75, 3.05) is 20.3 Å². The second-order valence-electron chi connectivity index (χ2n) is 5.96. The second-order valence-corrected chi connectivity index (χ2v) is 7.77. The van der Waals surface area contributed by atoms with Crippen LogP contribution in [0.4, 0.5) is 0 Å². The molecule has 0 aliphatic carbocycles. The van der Waals surface area contributed by atoms with Gasteiger partial charge in [-0.3, -0.25) is 0 Å². The maximum Gasteiger partial charge on any atom is 0.215 e. The van der Waals surface area contributed by atoms with Gasteiger partial charge in [-0.05, 0) is 23.0 Å². The van der Waals surface area contributed by atoms with Crippen LogP contribution >= 0.6 is 0 Å². The van der Waals surface area contributed by atoms with Gasteiger partial charge in [-0.1, -0.05) is 38.1 Å². The van der Waals surface area contributed by atoms with Crippen LogP contribution in [0.15, 0.2) is 24.3 Å². The molecule has 0 radical (unpaired) electrons. The number of nitrogens with two attached hydrogens (primary N) is 1. The SMILES string of the molecule is COCCC(C)(C)CNS(=O)(=O)Cc1ccccc1CN. The van der Waals surface area contributed by atoms with E-state index in [2.05, 4.69) is 4.72 Å². The number of hydrogen-bond acceptors (Lipinski definition) is 4. The fraction of sp³-hybridized carbons (Fsp3) is 0.600. The molecule has 0 saturated heterocycles. The lowest BCUT2D eigenvalue weighted by Gasteiger charge is -2.24. The standard InChI is InChI=1S/C15H26N2O3S/c1-15(2,8-9-20-3)12-17-21(18,19)11-14-7-5-4-6-13(14)10-16/h4-7,17H,8-12,16H2,1-3H3. The van der Waals surface area contributed by atoms with E-state index in [9.17, 15) is 8.42 Å². The first-order valence-corrected chi connectivity index (χ1v) is 8.68. The minimum atomic E-state index is -3.37. The van der Waals surface area contributed by atoms with Crippen molar-refractivity contribution in [2.45, 2.75) is 32.6 Å². The van der Waals surface area contributed by atoms with Gasteiger partial charge in [-0.15, -0.1) is 0 Å². The maximum absolute atomic E-state index is 12.2. The zero-order chi connectivity index (χ0) is 15.9. The first kappa shape index (κ1) is 18.1. The summed E-state index contributed by atoms with van der Waals surface area (Å²) in [5, 5.41) is 0. The van der Waals surface area contributed by atoms with Gasteiger partial charge >= 0.3 is 0 Å². The fourth-order valence-electron chi connectivity index (χ4n) is 1.93. The Bertz CT molecular complexity index is 542. The molecule has 0 amide bonds. The molecule has 0 bridgehead atoms. The molecule has 0 unspecified atom stereocenters. The van der Waals surface area contributed by atoms with E-state index in [-0.39, 0.29) is 11.2 Å².